The van der Waals surface area contributed by atoms with Crippen molar-refractivity contribution < 1.29 is 14.6 Å². The van der Waals surface area contributed by atoms with Crippen molar-refractivity contribution in [2.75, 3.05) is 19.8 Å². The number of hydrogen-bond acceptors (Lipinski definition) is 3. The SMILES string of the molecule is O=C1OCC(CCO)CN1C1CC1. The highest BCUT2D eigenvalue weighted by atomic mass is 16.6. The Hall–Kier alpha value is -0.770. The number of ether oxygens (including phenoxy) is 1. The highest BCUT2D eigenvalue weighted by Crippen LogP contribution is 2.30. The molecule has 1 aliphatic carbocycles. The van der Waals surface area contributed by atoms with E-state index in [1.165, 1.54) is 0 Å². The fourth-order valence-electron chi connectivity index (χ4n) is 1.72. The first-order valence-corrected chi connectivity index (χ1v) is 4.85. The summed E-state index contributed by atoms with van der Waals surface area (Å²) in [6.07, 6.45) is 2.79. The van der Waals surface area contributed by atoms with Crippen molar-refractivity contribution in [3.8, 4) is 0 Å². The Balaban J connectivity index is 1.88. The monoisotopic (exact) mass is 185 g/mol. The number of carbonyl (C=O) groups is 1. The van der Waals surface area contributed by atoms with E-state index < -0.39 is 0 Å². The first kappa shape index (κ1) is 8.81. The minimum atomic E-state index is -0.170. The number of hydrogen-bond donors (Lipinski definition) is 1. The van der Waals surface area contributed by atoms with E-state index >= 15 is 0 Å². The van der Waals surface area contributed by atoms with Crippen LogP contribution in [0.2, 0.25) is 0 Å². The van der Waals surface area contributed by atoms with Gasteiger partial charge in [-0.3, -0.25) is 0 Å². The van der Waals surface area contributed by atoms with Crippen LogP contribution in [0.25, 0.3) is 0 Å². The van der Waals surface area contributed by atoms with E-state index in [1.807, 2.05) is 4.90 Å². The molecular weight excluding hydrogens is 170 g/mol. The van der Waals surface area contributed by atoms with Crippen LogP contribution < -0.4 is 0 Å². The molecule has 1 amide bonds. The van der Waals surface area contributed by atoms with Gasteiger partial charge in [-0.05, 0) is 19.3 Å². The third kappa shape index (κ3) is 1.94. The van der Waals surface area contributed by atoms with E-state index in [2.05, 4.69) is 0 Å². The van der Waals surface area contributed by atoms with E-state index in [4.69, 9.17) is 9.84 Å². The standard InChI is InChI=1S/C9H15NO3/c11-4-3-7-5-10(8-1-2-8)9(12)13-6-7/h7-8,11H,1-6H2. The largest absolute Gasteiger partial charge is 0.449 e. The van der Waals surface area contributed by atoms with Crippen molar-refractivity contribution in [2.45, 2.75) is 25.3 Å². The Morgan fingerprint density at radius 2 is 2.31 bits per heavy atom. The maximum atomic E-state index is 11.3. The molecule has 1 saturated heterocycles. The van der Waals surface area contributed by atoms with E-state index in [1.54, 1.807) is 0 Å². The lowest BCUT2D eigenvalue weighted by atomic mass is 10.1. The van der Waals surface area contributed by atoms with Crippen LogP contribution >= 0.6 is 0 Å². The molecule has 2 fully saturated rings. The van der Waals surface area contributed by atoms with Crippen LogP contribution in [0.15, 0.2) is 0 Å². The summed E-state index contributed by atoms with van der Waals surface area (Å²) in [5.74, 6) is 0.322. The fraction of sp³-hybridized carbons (Fsp3) is 0.889. The minimum Gasteiger partial charge on any atom is -0.449 e. The summed E-state index contributed by atoms with van der Waals surface area (Å²) in [7, 11) is 0. The van der Waals surface area contributed by atoms with Gasteiger partial charge in [0.2, 0.25) is 0 Å². The number of rotatable bonds is 3. The molecule has 0 spiro atoms. The highest BCUT2D eigenvalue weighted by molar-refractivity contribution is 5.69. The van der Waals surface area contributed by atoms with Crippen LogP contribution in [0, 0.1) is 5.92 Å². The highest BCUT2D eigenvalue weighted by Gasteiger charge is 2.37. The van der Waals surface area contributed by atoms with Gasteiger partial charge in [-0.2, -0.15) is 0 Å². The summed E-state index contributed by atoms with van der Waals surface area (Å²) >= 11 is 0. The molecule has 4 heteroatoms. The van der Waals surface area contributed by atoms with Crippen molar-refractivity contribution in [1.29, 1.82) is 0 Å². The fourth-order valence-corrected chi connectivity index (χ4v) is 1.72. The second-order valence-corrected chi connectivity index (χ2v) is 3.84. The lowest BCUT2D eigenvalue weighted by Gasteiger charge is -2.31. The van der Waals surface area contributed by atoms with Gasteiger partial charge in [0.1, 0.15) is 0 Å². The molecule has 0 aromatic carbocycles. The second kappa shape index (κ2) is 3.54. The number of aliphatic hydroxyl groups is 1. The second-order valence-electron chi connectivity index (χ2n) is 3.84. The summed E-state index contributed by atoms with van der Waals surface area (Å²) < 4.78 is 5.03. The van der Waals surface area contributed by atoms with E-state index in [0.717, 1.165) is 25.8 Å². The first-order chi connectivity index (χ1) is 6.31. The molecule has 2 rings (SSSR count). The first-order valence-electron chi connectivity index (χ1n) is 4.85. The van der Waals surface area contributed by atoms with Gasteiger partial charge in [0.25, 0.3) is 0 Å². The topological polar surface area (TPSA) is 49.8 Å². The summed E-state index contributed by atoms with van der Waals surface area (Å²) in [4.78, 5) is 13.1. The maximum absolute atomic E-state index is 11.3. The Kier molecular flexibility index (Phi) is 2.40. The number of aliphatic hydroxyl groups excluding tert-OH is 1. The number of carbonyl (C=O) groups excluding carboxylic acids is 1. The molecule has 74 valence electrons. The van der Waals surface area contributed by atoms with Gasteiger partial charge >= 0.3 is 6.09 Å². The number of cyclic esters (lactones) is 1. The van der Waals surface area contributed by atoms with Gasteiger partial charge < -0.3 is 14.7 Å². The molecule has 13 heavy (non-hydrogen) atoms. The third-order valence-electron chi connectivity index (χ3n) is 2.66. The van der Waals surface area contributed by atoms with Crippen LogP contribution in [-0.4, -0.2) is 41.9 Å². The van der Waals surface area contributed by atoms with E-state index in [-0.39, 0.29) is 12.7 Å². The van der Waals surface area contributed by atoms with Crippen LogP contribution in [0.4, 0.5) is 4.79 Å². The number of nitrogens with zero attached hydrogens (tertiary/aromatic N) is 1. The molecule has 0 aromatic heterocycles. The van der Waals surface area contributed by atoms with Crippen molar-refractivity contribution in [3.05, 3.63) is 0 Å². The molecule has 0 aromatic rings. The van der Waals surface area contributed by atoms with Gasteiger partial charge in [-0.15, -0.1) is 0 Å². The van der Waals surface area contributed by atoms with Gasteiger partial charge in [0.05, 0.1) is 6.61 Å². The lowest BCUT2D eigenvalue weighted by molar-refractivity contribution is 0.0327. The average Bonchev–Trinajstić information content (AvgIpc) is 2.92. The Bertz CT molecular complexity index is 203. The lowest BCUT2D eigenvalue weighted by Crippen LogP contribution is -2.44. The minimum absolute atomic E-state index is 0.170. The van der Waals surface area contributed by atoms with Crippen molar-refractivity contribution in [3.63, 3.8) is 0 Å². The van der Waals surface area contributed by atoms with E-state index in [9.17, 15) is 4.79 Å². The zero-order valence-electron chi connectivity index (χ0n) is 7.61. The summed E-state index contributed by atoms with van der Waals surface area (Å²) in [5.41, 5.74) is 0. The molecule has 2 aliphatic rings. The zero-order chi connectivity index (χ0) is 9.26. The Morgan fingerprint density at radius 3 is 2.92 bits per heavy atom. The van der Waals surface area contributed by atoms with Gasteiger partial charge in [-0.25, -0.2) is 4.79 Å². The molecule has 1 saturated carbocycles. The molecule has 1 aliphatic heterocycles. The molecular formula is C9H15NO3. The molecule has 4 nitrogen and oxygen atoms in total. The number of amides is 1. The van der Waals surface area contributed by atoms with Gasteiger partial charge in [0.15, 0.2) is 0 Å². The Labute approximate surface area is 77.5 Å². The Morgan fingerprint density at radius 1 is 1.54 bits per heavy atom. The van der Waals surface area contributed by atoms with Crippen molar-refractivity contribution in [1.82, 2.24) is 4.90 Å². The van der Waals surface area contributed by atoms with Crippen LogP contribution in [0.3, 0.4) is 0 Å². The molecule has 1 N–H and O–H groups in total. The predicted octanol–water partition coefficient (Wildman–Crippen LogP) is 0.600. The van der Waals surface area contributed by atoms with Crippen LogP contribution in [0.5, 0.6) is 0 Å². The predicted molar refractivity (Wildman–Crippen MR) is 46.3 cm³/mol. The quantitative estimate of drug-likeness (QED) is 0.700. The zero-order valence-corrected chi connectivity index (χ0v) is 7.61. The molecule has 1 heterocycles. The molecule has 0 radical (unpaired) electrons. The average molecular weight is 185 g/mol. The van der Waals surface area contributed by atoms with Gasteiger partial charge in [0, 0.05) is 25.1 Å². The smallest absolute Gasteiger partial charge is 0.410 e. The summed E-state index contributed by atoms with van der Waals surface area (Å²) in [6, 6.07) is 0.425. The molecule has 1 unspecified atom stereocenters. The van der Waals surface area contributed by atoms with E-state index in [0.29, 0.717) is 18.6 Å². The van der Waals surface area contributed by atoms with Crippen LogP contribution in [-0.2, 0) is 4.74 Å². The van der Waals surface area contributed by atoms with Crippen molar-refractivity contribution >= 4 is 6.09 Å². The van der Waals surface area contributed by atoms with Gasteiger partial charge in [-0.1, -0.05) is 0 Å². The normalized spacial score (nSPS) is 28.8. The van der Waals surface area contributed by atoms with Crippen LogP contribution in [0.1, 0.15) is 19.3 Å². The molecule has 0 bridgehead atoms. The van der Waals surface area contributed by atoms with Crippen molar-refractivity contribution in [2.24, 2.45) is 5.92 Å². The molecule has 1 atom stereocenters. The maximum Gasteiger partial charge on any atom is 0.410 e. The summed E-state index contributed by atoms with van der Waals surface area (Å²) in [5, 5.41) is 8.77. The summed E-state index contributed by atoms with van der Waals surface area (Å²) in [6.45, 7) is 1.42. The third-order valence-corrected chi connectivity index (χ3v) is 2.66.